The number of nitrogens with one attached hydrogen (secondary N) is 1. The fourth-order valence-corrected chi connectivity index (χ4v) is 2.78. The first-order valence-corrected chi connectivity index (χ1v) is 6.84. The number of nitrogens with zero attached hydrogens (tertiary/aromatic N) is 3. The van der Waals surface area contributed by atoms with E-state index in [4.69, 9.17) is 0 Å². The Bertz CT molecular complexity index is 320. The number of hydrogen-bond donors (Lipinski definition) is 1. The summed E-state index contributed by atoms with van der Waals surface area (Å²) in [5, 5.41) is 4.50. The number of aryl methyl sites for hydroxylation is 1. The van der Waals surface area contributed by atoms with Gasteiger partial charge in [0, 0.05) is 37.6 Å². The number of piperidine rings is 1. The second-order valence-corrected chi connectivity index (χ2v) is 5.08. The maximum absolute atomic E-state index is 4.58. The minimum absolute atomic E-state index is 0.580. The molecule has 1 N–H and O–H groups in total. The van der Waals surface area contributed by atoms with E-state index >= 15 is 0 Å². The topological polar surface area (TPSA) is 41.1 Å². The van der Waals surface area contributed by atoms with Crippen LogP contribution in [0.2, 0.25) is 0 Å². The van der Waals surface area contributed by atoms with Gasteiger partial charge in [0.2, 0.25) is 5.13 Å². The first-order chi connectivity index (χ1) is 7.81. The molecule has 90 valence electrons. The lowest BCUT2D eigenvalue weighted by molar-refractivity contribution is 0.444. The lowest BCUT2D eigenvalue weighted by Crippen LogP contribution is -2.44. The highest BCUT2D eigenvalue weighted by Gasteiger charge is 2.20. The minimum Gasteiger partial charge on any atom is -0.346 e. The molecule has 1 aliphatic heterocycles. The molecule has 1 aliphatic rings. The smallest absolute Gasteiger partial charge is 0.205 e. The number of likely N-dealkylation sites (N-methyl/N-ethyl adjacent to an activating group) is 1. The molecule has 0 aromatic carbocycles. The van der Waals surface area contributed by atoms with Gasteiger partial charge in [-0.05, 0) is 25.8 Å². The summed E-state index contributed by atoms with van der Waals surface area (Å²) in [4.78, 5) is 6.86. The Morgan fingerprint density at radius 1 is 1.56 bits per heavy atom. The van der Waals surface area contributed by atoms with Crippen molar-refractivity contribution in [2.45, 2.75) is 38.6 Å². The fraction of sp³-hybridized carbons (Fsp3) is 0.818. The Kier molecular flexibility index (Phi) is 4.12. The van der Waals surface area contributed by atoms with Crippen LogP contribution in [0.4, 0.5) is 5.13 Å². The quantitative estimate of drug-likeness (QED) is 0.869. The van der Waals surface area contributed by atoms with Crippen molar-refractivity contribution >= 4 is 16.7 Å². The van der Waals surface area contributed by atoms with E-state index in [0.29, 0.717) is 6.04 Å². The third-order valence-corrected chi connectivity index (χ3v) is 3.90. The second-order valence-electron chi connectivity index (χ2n) is 4.35. The predicted octanol–water partition coefficient (Wildman–Crippen LogP) is 1.68. The van der Waals surface area contributed by atoms with Crippen LogP contribution in [0.5, 0.6) is 0 Å². The van der Waals surface area contributed by atoms with E-state index in [2.05, 4.69) is 33.5 Å². The lowest BCUT2D eigenvalue weighted by atomic mass is 10.1. The number of rotatable bonds is 4. The maximum Gasteiger partial charge on any atom is 0.205 e. The highest BCUT2D eigenvalue weighted by Crippen LogP contribution is 2.21. The highest BCUT2D eigenvalue weighted by molar-refractivity contribution is 7.09. The molecule has 16 heavy (non-hydrogen) atoms. The molecule has 0 radical (unpaired) electrons. The summed E-state index contributed by atoms with van der Waals surface area (Å²) in [5.74, 6) is 0.998. The predicted molar refractivity (Wildman–Crippen MR) is 68.2 cm³/mol. The van der Waals surface area contributed by atoms with Crippen molar-refractivity contribution in [1.29, 1.82) is 0 Å². The van der Waals surface area contributed by atoms with E-state index in [0.717, 1.165) is 36.9 Å². The normalized spacial score (nSPS) is 21.0. The molecular formula is C11H20N4S. The van der Waals surface area contributed by atoms with Gasteiger partial charge < -0.3 is 10.2 Å². The van der Waals surface area contributed by atoms with Gasteiger partial charge >= 0.3 is 0 Å². The van der Waals surface area contributed by atoms with E-state index in [1.807, 2.05) is 0 Å². The van der Waals surface area contributed by atoms with Crippen LogP contribution in [0.3, 0.4) is 0 Å². The Labute approximate surface area is 101 Å². The monoisotopic (exact) mass is 240 g/mol. The first-order valence-electron chi connectivity index (χ1n) is 6.07. The van der Waals surface area contributed by atoms with Crippen molar-refractivity contribution in [1.82, 2.24) is 14.7 Å². The van der Waals surface area contributed by atoms with Crippen molar-refractivity contribution in [2.24, 2.45) is 0 Å². The van der Waals surface area contributed by atoms with Gasteiger partial charge in [0.15, 0.2) is 0 Å². The van der Waals surface area contributed by atoms with Crippen LogP contribution < -0.4 is 10.2 Å². The summed E-state index contributed by atoms with van der Waals surface area (Å²) in [5.41, 5.74) is 0. The van der Waals surface area contributed by atoms with Crippen LogP contribution in [0.25, 0.3) is 0 Å². The fourth-order valence-electron chi connectivity index (χ4n) is 2.03. The summed E-state index contributed by atoms with van der Waals surface area (Å²) in [6.45, 7) is 4.39. The van der Waals surface area contributed by atoms with Crippen LogP contribution in [-0.2, 0) is 6.42 Å². The van der Waals surface area contributed by atoms with Gasteiger partial charge in [-0.2, -0.15) is 4.37 Å². The Morgan fingerprint density at radius 3 is 3.12 bits per heavy atom. The molecule has 2 rings (SSSR count). The summed E-state index contributed by atoms with van der Waals surface area (Å²) in [6.07, 6.45) is 4.62. The molecule has 0 bridgehead atoms. The summed E-state index contributed by atoms with van der Waals surface area (Å²) in [7, 11) is 2.13. The largest absolute Gasteiger partial charge is 0.346 e. The van der Waals surface area contributed by atoms with Gasteiger partial charge in [-0.25, -0.2) is 4.98 Å². The standard InChI is InChI=1S/C11H20N4S/c1-3-5-10-13-11(16-14-10)15(2)9-6-4-7-12-8-9/h9,12H,3-8H2,1-2H3. The third-order valence-electron chi connectivity index (χ3n) is 3.05. The van der Waals surface area contributed by atoms with Gasteiger partial charge in [0.05, 0.1) is 0 Å². The average Bonchev–Trinajstić information content (AvgIpc) is 2.78. The summed E-state index contributed by atoms with van der Waals surface area (Å²) >= 11 is 1.53. The van der Waals surface area contributed by atoms with Crippen LogP contribution >= 0.6 is 11.5 Å². The maximum atomic E-state index is 4.58. The molecule has 0 amide bonds. The van der Waals surface area contributed by atoms with Gasteiger partial charge in [0.25, 0.3) is 0 Å². The number of aromatic nitrogens is 2. The molecule has 1 aromatic heterocycles. The van der Waals surface area contributed by atoms with Crippen LogP contribution in [-0.4, -0.2) is 35.5 Å². The number of anilines is 1. The van der Waals surface area contributed by atoms with Crippen molar-refractivity contribution in [3.8, 4) is 0 Å². The zero-order chi connectivity index (χ0) is 11.4. The van der Waals surface area contributed by atoms with E-state index in [1.54, 1.807) is 0 Å². The molecule has 5 heteroatoms. The Balaban J connectivity index is 1.98. The molecule has 4 nitrogen and oxygen atoms in total. The van der Waals surface area contributed by atoms with E-state index in [9.17, 15) is 0 Å². The molecular weight excluding hydrogens is 220 g/mol. The molecule has 1 aromatic rings. The zero-order valence-corrected chi connectivity index (χ0v) is 10.9. The van der Waals surface area contributed by atoms with E-state index in [1.165, 1.54) is 24.4 Å². The minimum atomic E-state index is 0.580. The van der Waals surface area contributed by atoms with Gasteiger partial charge in [-0.3, -0.25) is 0 Å². The van der Waals surface area contributed by atoms with E-state index in [-0.39, 0.29) is 0 Å². The van der Waals surface area contributed by atoms with Gasteiger partial charge in [-0.15, -0.1) is 0 Å². The van der Waals surface area contributed by atoms with Crippen molar-refractivity contribution in [2.75, 3.05) is 25.0 Å². The SMILES string of the molecule is CCCc1nsc(N(C)C2CCCNC2)n1. The van der Waals surface area contributed by atoms with Crippen LogP contribution in [0.1, 0.15) is 32.0 Å². The lowest BCUT2D eigenvalue weighted by Gasteiger charge is -2.31. The molecule has 1 fully saturated rings. The molecule has 1 saturated heterocycles. The van der Waals surface area contributed by atoms with Crippen LogP contribution in [0, 0.1) is 0 Å². The Morgan fingerprint density at radius 2 is 2.44 bits per heavy atom. The molecule has 0 spiro atoms. The molecule has 1 atom stereocenters. The van der Waals surface area contributed by atoms with Gasteiger partial charge in [-0.1, -0.05) is 6.92 Å². The zero-order valence-electron chi connectivity index (χ0n) is 10.1. The molecule has 2 heterocycles. The summed E-state index contributed by atoms with van der Waals surface area (Å²) in [6, 6.07) is 0.580. The van der Waals surface area contributed by atoms with Crippen molar-refractivity contribution in [3.63, 3.8) is 0 Å². The third kappa shape index (κ3) is 2.71. The second kappa shape index (κ2) is 5.59. The van der Waals surface area contributed by atoms with Crippen LogP contribution in [0.15, 0.2) is 0 Å². The highest BCUT2D eigenvalue weighted by atomic mass is 32.1. The molecule has 1 unspecified atom stereocenters. The number of hydrogen-bond acceptors (Lipinski definition) is 5. The molecule has 0 saturated carbocycles. The average molecular weight is 240 g/mol. The Hall–Kier alpha value is -0.680. The van der Waals surface area contributed by atoms with Crippen molar-refractivity contribution < 1.29 is 0 Å². The van der Waals surface area contributed by atoms with Gasteiger partial charge in [0.1, 0.15) is 5.82 Å². The first kappa shape index (κ1) is 11.8. The summed E-state index contributed by atoms with van der Waals surface area (Å²) < 4.78 is 4.39. The van der Waals surface area contributed by atoms with E-state index < -0.39 is 0 Å². The molecule has 0 aliphatic carbocycles. The van der Waals surface area contributed by atoms with Crippen molar-refractivity contribution in [3.05, 3.63) is 5.82 Å².